The highest BCUT2D eigenvalue weighted by molar-refractivity contribution is 6.30. The van der Waals surface area contributed by atoms with E-state index in [4.69, 9.17) is 11.6 Å². The SMILES string of the molecule is Cc1cc(NC(=O)c2cc3cnn(C(C)C)c3nc2C)n(-c2ccc(Cl)cc2)n1. The Kier molecular flexibility index (Phi) is 4.84. The molecule has 7 nitrogen and oxygen atoms in total. The Morgan fingerprint density at radius 3 is 2.55 bits per heavy atom. The van der Waals surface area contributed by atoms with E-state index >= 15 is 0 Å². The van der Waals surface area contributed by atoms with E-state index in [9.17, 15) is 4.79 Å². The van der Waals surface area contributed by atoms with Gasteiger partial charge in [-0.3, -0.25) is 4.79 Å². The lowest BCUT2D eigenvalue weighted by molar-refractivity contribution is 0.102. The lowest BCUT2D eigenvalue weighted by atomic mass is 10.1. The molecule has 0 aliphatic heterocycles. The van der Waals surface area contributed by atoms with E-state index in [1.165, 1.54) is 0 Å². The maximum atomic E-state index is 13.0. The van der Waals surface area contributed by atoms with Crippen LogP contribution in [0.5, 0.6) is 0 Å². The molecular formula is C21H21ClN6O. The van der Waals surface area contributed by atoms with Crippen molar-refractivity contribution in [2.24, 2.45) is 0 Å². The molecule has 1 N–H and O–H groups in total. The van der Waals surface area contributed by atoms with Crippen LogP contribution in [-0.2, 0) is 0 Å². The standard InChI is InChI=1S/C21H21ClN6O/c1-12(2)27-20-15(11-23-27)10-18(14(4)24-20)21(29)25-19-9-13(3)26-28(19)17-7-5-16(22)6-8-17/h5-12H,1-4H3,(H,25,29). The molecule has 1 aromatic carbocycles. The van der Waals surface area contributed by atoms with E-state index in [1.54, 1.807) is 23.0 Å². The van der Waals surface area contributed by atoms with Gasteiger partial charge in [-0.15, -0.1) is 0 Å². The second kappa shape index (κ2) is 7.33. The quantitative estimate of drug-likeness (QED) is 0.530. The van der Waals surface area contributed by atoms with Gasteiger partial charge in [-0.2, -0.15) is 10.2 Å². The summed E-state index contributed by atoms with van der Waals surface area (Å²) in [5.74, 6) is 0.330. The first-order valence-electron chi connectivity index (χ1n) is 9.32. The molecule has 0 unspecified atom stereocenters. The van der Waals surface area contributed by atoms with Crippen molar-refractivity contribution < 1.29 is 4.79 Å². The number of anilines is 1. The summed E-state index contributed by atoms with van der Waals surface area (Å²) in [5, 5.41) is 13.3. The van der Waals surface area contributed by atoms with Crippen LogP contribution in [-0.4, -0.2) is 30.5 Å². The molecule has 0 saturated heterocycles. The fraction of sp³-hybridized carbons (Fsp3) is 0.238. The molecule has 0 fully saturated rings. The molecule has 0 aliphatic rings. The summed E-state index contributed by atoms with van der Waals surface area (Å²) in [6, 6.07) is 11.1. The van der Waals surface area contributed by atoms with Crippen molar-refractivity contribution in [1.29, 1.82) is 0 Å². The third-order valence-electron chi connectivity index (χ3n) is 4.64. The number of benzene rings is 1. The number of pyridine rings is 1. The molecule has 1 amide bonds. The summed E-state index contributed by atoms with van der Waals surface area (Å²) < 4.78 is 3.53. The minimum absolute atomic E-state index is 0.191. The largest absolute Gasteiger partial charge is 0.306 e. The van der Waals surface area contributed by atoms with Crippen molar-refractivity contribution in [3.05, 3.63) is 64.6 Å². The highest BCUT2D eigenvalue weighted by atomic mass is 35.5. The normalized spacial score (nSPS) is 11.4. The number of rotatable bonds is 4. The van der Waals surface area contributed by atoms with Gasteiger partial charge in [-0.1, -0.05) is 11.6 Å². The monoisotopic (exact) mass is 408 g/mol. The molecule has 148 valence electrons. The summed E-state index contributed by atoms with van der Waals surface area (Å²) >= 11 is 5.98. The lowest BCUT2D eigenvalue weighted by Crippen LogP contribution is -2.17. The Balaban J connectivity index is 1.68. The van der Waals surface area contributed by atoms with E-state index in [0.717, 1.165) is 22.4 Å². The number of nitrogens with zero attached hydrogens (tertiary/aromatic N) is 5. The van der Waals surface area contributed by atoms with Gasteiger partial charge in [-0.25, -0.2) is 14.3 Å². The topological polar surface area (TPSA) is 77.6 Å². The fourth-order valence-corrected chi connectivity index (χ4v) is 3.35. The molecule has 4 rings (SSSR count). The van der Waals surface area contributed by atoms with Crippen molar-refractivity contribution in [3.63, 3.8) is 0 Å². The Morgan fingerprint density at radius 2 is 1.86 bits per heavy atom. The van der Waals surface area contributed by atoms with E-state index in [0.29, 0.717) is 22.1 Å². The number of fused-ring (bicyclic) bond motifs is 1. The van der Waals surface area contributed by atoms with Crippen molar-refractivity contribution in [2.45, 2.75) is 33.7 Å². The Labute approximate surface area is 173 Å². The number of hydrogen-bond donors (Lipinski definition) is 1. The van der Waals surface area contributed by atoms with Crippen LogP contribution in [0.15, 0.2) is 42.6 Å². The second-order valence-electron chi connectivity index (χ2n) is 7.23. The molecule has 3 aromatic heterocycles. The molecule has 8 heteroatoms. The third-order valence-corrected chi connectivity index (χ3v) is 4.89. The average molecular weight is 409 g/mol. The van der Waals surface area contributed by atoms with Crippen molar-refractivity contribution >= 4 is 34.4 Å². The highest BCUT2D eigenvalue weighted by Crippen LogP contribution is 2.22. The van der Waals surface area contributed by atoms with Crippen molar-refractivity contribution in [1.82, 2.24) is 24.5 Å². The molecule has 29 heavy (non-hydrogen) atoms. The fourth-order valence-electron chi connectivity index (χ4n) is 3.22. The molecule has 0 radical (unpaired) electrons. The Bertz CT molecular complexity index is 1210. The van der Waals surface area contributed by atoms with Crippen LogP contribution in [0.25, 0.3) is 16.7 Å². The van der Waals surface area contributed by atoms with Crippen LogP contribution >= 0.6 is 11.6 Å². The van der Waals surface area contributed by atoms with Gasteiger partial charge in [-0.05, 0) is 58.0 Å². The first-order chi connectivity index (χ1) is 13.8. The summed E-state index contributed by atoms with van der Waals surface area (Å²) in [7, 11) is 0. The summed E-state index contributed by atoms with van der Waals surface area (Å²) in [4.78, 5) is 17.6. The van der Waals surface area contributed by atoms with Gasteiger partial charge in [0.15, 0.2) is 5.65 Å². The number of halogens is 1. The number of carbonyl (C=O) groups is 1. The van der Waals surface area contributed by atoms with Gasteiger partial charge in [0.1, 0.15) is 5.82 Å². The van der Waals surface area contributed by atoms with Gasteiger partial charge in [0, 0.05) is 22.5 Å². The van der Waals surface area contributed by atoms with Crippen LogP contribution < -0.4 is 5.32 Å². The summed E-state index contributed by atoms with van der Waals surface area (Å²) in [5.41, 5.74) is 3.52. The second-order valence-corrected chi connectivity index (χ2v) is 7.67. The van der Waals surface area contributed by atoms with E-state index < -0.39 is 0 Å². The minimum Gasteiger partial charge on any atom is -0.306 e. The number of carbonyl (C=O) groups excluding carboxylic acids is 1. The zero-order chi connectivity index (χ0) is 20.7. The van der Waals surface area contributed by atoms with Crippen molar-refractivity contribution in [3.8, 4) is 5.69 Å². The van der Waals surface area contributed by atoms with Gasteiger partial charge in [0.2, 0.25) is 0 Å². The maximum Gasteiger partial charge on any atom is 0.258 e. The number of hydrogen-bond acceptors (Lipinski definition) is 4. The number of aryl methyl sites for hydroxylation is 2. The predicted octanol–water partition coefficient (Wildman–Crippen LogP) is 4.72. The van der Waals surface area contributed by atoms with Crippen LogP contribution in [0, 0.1) is 13.8 Å². The zero-order valence-electron chi connectivity index (χ0n) is 16.6. The summed E-state index contributed by atoms with van der Waals surface area (Å²) in [6.45, 7) is 7.80. The Morgan fingerprint density at radius 1 is 1.14 bits per heavy atom. The number of amides is 1. The van der Waals surface area contributed by atoms with Gasteiger partial charge >= 0.3 is 0 Å². The van der Waals surface area contributed by atoms with E-state index in [-0.39, 0.29) is 11.9 Å². The molecule has 0 bridgehead atoms. The average Bonchev–Trinajstić information content (AvgIpc) is 3.24. The van der Waals surface area contributed by atoms with E-state index in [2.05, 4.69) is 20.5 Å². The molecule has 3 heterocycles. The first-order valence-corrected chi connectivity index (χ1v) is 9.70. The highest BCUT2D eigenvalue weighted by Gasteiger charge is 2.17. The van der Waals surface area contributed by atoms with Gasteiger partial charge < -0.3 is 5.32 Å². The molecule has 0 saturated carbocycles. The first kappa shape index (κ1) is 19.1. The molecule has 0 atom stereocenters. The van der Waals surface area contributed by atoms with Crippen LogP contribution in [0.4, 0.5) is 5.82 Å². The van der Waals surface area contributed by atoms with Crippen LogP contribution in [0.1, 0.15) is 41.6 Å². The smallest absolute Gasteiger partial charge is 0.258 e. The molecule has 0 aliphatic carbocycles. The van der Waals surface area contributed by atoms with E-state index in [1.807, 2.05) is 56.6 Å². The number of aromatic nitrogens is 5. The van der Waals surface area contributed by atoms with Crippen molar-refractivity contribution in [2.75, 3.05) is 5.32 Å². The van der Waals surface area contributed by atoms with Crippen LogP contribution in [0.3, 0.4) is 0 Å². The van der Waals surface area contributed by atoms with Gasteiger partial charge in [0.05, 0.1) is 28.8 Å². The van der Waals surface area contributed by atoms with Gasteiger partial charge in [0.25, 0.3) is 5.91 Å². The molecule has 4 aromatic rings. The molecular weight excluding hydrogens is 388 g/mol. The lowest BCUT2D eigenvalue weighted by Gasteiger charge is -2.11. The Hall–Kier alpha value is -3.19. The number of nitrogens with one attached hydrogen (secondary N) is 1. The minimum atomic E-state index is -0.246. The molecule has 0 spiro atoms. The van der Waals surface area contributed by atoms with Crippen LogP contribution in [0.2, 0.25) is 5.02 Å². The zero-order valence-corrected chi connectivity index (χ0v) is 17.4. The third kappa shape index (κ3) is 3.61. The summed E-state index contributed by atoms with van der Waals surface area (Å²) in [6.07, 6.45) is 1.74. The predicted molar refractivity (Wildman–Crippen MR) is 114 cm³/mol. The maximum absolute atomic E-state index is 13.0.